The molecule has 0 radical (unpaired) electrons. The summed E-state index contributed by atoms with van der Waals surface area (Å²) >= 11 is 1.62. The number of rotatable bonds is 3. The SMILES string of the molecule is COCc1cnc2n1CCN(C(=O)c1csc3ccccc13)[C@@H]2C. The van der Waals surface area contributed by atoms with E-state index in [1.165, 1.54) is 0 Å². The first kappa shape index (κ1) is 15.4. The van der Waals surface area contributed by atoms with Crippen LogP contribution >= 0.6 is 11.3 Å². The van der Waals surface area contributed by atoms with Crippen LogP contribution in [0.25, 0.3) is 10.1 Å². The van der Waals surface area contributed by atoms with Crippen LogP contribution in [0, 0.1) is 0 Å². The standard InChI is InChI=1S/C18H19N3O2S/c1-12-17-19-9-13(10-23-2)21(17)8-7-20(12)18(22)15-11-24-16-6-4-3-5-14(15)16/h3-6,9,11-12H,7-8,10H2,1-2H3/t12-/m1/s1. The number of imidazole rings is 1. The fraction of sp³-hybridized carbons (Fsp3) is 0.333. The number of hydrogen-bond acceptors (Lipinski definition) is 4. The molecule has 0 fully saturated rings. The minimum absolute atomic E-state index is 0.0458. The van der Waals surface area contributed by atoms with Crippen molar-refractivity contribution < 1.29 is 9.53 Å². The van der Waals surface area contributed by atoms with E-state index >= 15 is 0 Å². The molecule has 1 aliphatic rings. The van der Waals surface area contributed by atoms with E-state index in [1.54, 1.807) is 18.4 Å². The van der Waals surface area contributed by atoms with Gasteiger partial charge in [-0.1, -0.05) is 18.2 Å². The van der Waals surface area contributed by atoms with Gasteiger partial charge in [0.25, 0.3) is 5.91 Å². The van der Waals surface area contributed by atoms with Crippen molar-refractivity contribution in [3.63, 3.8) is 0 Å². The Kier molecular flexibility index (Phi) is 3.86. The number of aromatic nitrogens is 2. The van der Waals surface area contributed by atoms with E-state index in [0.29, 0.717) is 13.2 Å². The van der Waals surface area contributed by atoms with E-state index in [9.17, 15) is 4.79 Å². The van der Waals surface area contributed by atoms with Crippen molar-refractivity contribution >= 4 is 27.3 Å². The molecule has 0 saturated carbocycles. The Balaban J connectivity index is 1.66. The van der Waals surface area contributed by atoms with Crippen molar-refractivity contribution in [3.8, 4) is 0 Å². The van der Waals surface area contributed by atoms with Gasteiger partial charge in [0.2, 0.25) is 0 Å². The molecular formula is C18H19N3O2S. The molecule has 24 heavy (non-hydrogen) atoms. The number of amides is 1. The predicted octanol–water partition coefficient (Wildman–Crippen LogP) is 3.46. The van der Waals surface area contributed by atoms with Gasteiger partial charge in [0.1, 0.15) is 5.82 Å². The van der Waals surface area contributed by atoms with Crippen LogP contribution in [0.15, 0.2) is 35.8 Å². The molecule has 1 aliphatic heterocycles. The van der Waals surface area contributed by atoms with Crippen LogP contribution in [-0.2, 0) is 17.9 Å². The summed E-state index contributed by atoms with van der Waals surface area (Å²) in [5.74, 6) is 1.02. The van der Waals surface area contributed by atoms with Crippen molar-refractivity contribution in [1.82, 2.24) is 14.5 Å². The van der Waals surface area contributed by atoms with Gasteiger partial charge in [0, 0.05) is 35.7 Å². The first-order valence-electron chi connectivity index (χ1n) is 8.01. The van der Waals surface area contributed by atoms with Crippen LogP contribution < -0.4 is 0 Å². The Morgan fingerprint density at radius 3 is 3.04 bits per heavy atom. The molecule has 1 aromatic carbocycles. The maximum absolute atomic E-state index is 13.1. The lowest BCUT2D eigenvalue weighted by Gasteiger charge is -2.34. The highest BCUT2D eigenvalue weighted by molar-refractivity contribution is 7.17. The topological polar surface area (TPSA) is 47.4 Å². The van der Waals surface area contributed by atoms with Crippen LogP contribution in [0.1, 0.15) is 34.8 Å². The van der Waals surface area contributed by atoms with Crippen LogP contribution in [0.4, 0.5) is 0 Å². The van der Waals surface area contributed by atoms with Gasteiger partial charge in [-0.15, -0.1) is 11.3 Å². The lowest BCUT2D eigenvalue weighted by Crippen LogP contribution is -2.41. The number of methoxy groups -OCH3 is 1. The van der Waals surface area contributed by atoms with E-state index in [4.69, 9.17) is 4.74 Å². The average molecular weight is 341 g/mol. The lowest BCUT2D eigenvalue weighted by molar-refractivity contribution is 0.0635. The van der Waals surface area contributed by atoms with Gasteiger partial charge < -0.3 is 14.2 Å². The summed E-state index contributed by atoms with van der Waals surface area (Å²) in [5.41, 5.74) is 1.85. The molecule has 4 rings (SSSR count). The molecule has 0 aliphatic carbocycles. The van der Waals surface area contributed by atoms with Gasteiger partial charge >= 0.3 is 0 Å². The minimum Gasteiger partial charge on any atom is -0.378 e. The highest BCUT2D eigenvalue weighted by Gasteiger charge is 2.31. The van der Waals surface area contributed by atoms with E-state index in [-0.39, 0.29) is 11.9 Å². The second kappa shape index (κ2) is 6.03. The maximum atomic E-state index is 13.1. The third kappa shape index (κ3) is 2.34. The van der Waals surface area contributed by atoms with Gasteiger partial charge in [-0.25, -0.2) is 4.98 Å². The molecule has 2 aromatic heterocycles. The van der Waals surface area contributed by atoms with E-state index in [2.05, 4.69) is 15.6 Å². The number of ether oxygens (including phenoxy) is 1. The molecule has 1 amide bonds. The number of nitrogens with zero attached hydrogens (tertiary/aromatic N) is 3. The van der Waals surface area contributed by atoms with Crippen molar-refractivity contribution in [2.45, 2.75) is 26.1 Å². The van der Waals surface area contributed by atoms with Crippen LogP contribution in [0.3, 0.4) is 0 Å². The zero-order chi connectivity index (χ0) is 16.7. The zero-order valence-corrected chi connectivity index (χ0v) is 14.5. The summed E-state index contributed by atoms with van der Waals surface area (Å²) in [6.45, 7) is 4.03. The van der Waals surface area contributed by atoms with Crippen LogP contribution in [-0.4, -0.2) is 34.0 Å². The first-order chi connectivity index (χ1) is 11.7. The van der Waals surface area contributed by atoms with Crippen molar-refractivity contribution in [2.75, 3.05) is 13.7 Å². The van der Waals surface area contributed by atoms with Gasteiger partial charge in [-0.3, -0.25) is 4.79 Å². The number of benzene rings is 1. The van der Waals surface area contributed by atoms with Gasteiger partial charge in [-0.2, -0.15) is 0 Å². The van der Waals surface area contributed by atoms with Crippen molar-refractivity contribution in [2.24, 2.45) is 0 Å². The quantitative estimate of drug-likeness (QED) is 0.733. The largest absolute Gasteiger partial charge is 0.378 e. The van der Waals surface area contributed by atoms with Crippen LogP contribution in [0.2, 0.25) is 0 Å². The van der Waals surface area contributed by atoms with Crippen molar-refractivity contribution in [1.29, 1.82) is 0 Å². The Labute approximate surface area is 144 Å². The molecule has 1 atom stereocenters. The number of carbonyl (C=O) groups excluding carboxylic acids is 1. The monoisotopic (exact) mass is 341 g/mol. The number of thiophene rings is 1. The second-order valence-electron chi connectivity index (χ2n) is 6.01. The number of fused-ring (bicyclic) bond motifs is 2. The van der Waals surface area contributed by atoms with Gasteiger partial charge in [-0.05, 0) is 13.0 Å². The fourth-order valence-corrected chi connectivity index (χ4v) is 4.33. The molecule has 0 bridgehead atoms. The highest BCUT2D eigenvalue weighted by atomic mass is 32.1. The smallest absolute Gasteiger partial charge is 0.256 e. The second-order valence-corrected chi connectivity index (χ2v) is 6.92. The Morgan fingerprint density at radius 2 is 2.21 bits per heavy atom. The molecule has 0 spiro atoms. The Morgan fingerprint density at radius 1 is 1.38 bits per heavy atom. The first-order valence-corrected chi connectivity index (χ1v) is 8.89. The lowest BCUT2D eigenvalue weighted by atomic mass is 10.1. The Bertz CT molecular complexity index is 899. The van der Waals surface area contributed by atoms with Gasteiger partial charge in [0.05, 0.1) is 30.1 Å². The molecular weight excluding hydrogens is 322 g/mol. The molecule has 3 aromatic rings. The molecule has 0 N–H and O–H groups in total. The highest BCUT2D eigenvalue weighted by Crippen LogP contribution is 2.31. The summed E-state index contributed by atoms with van der Waals surface area (Å²) in [7, 11) is 1.68. The number of carbonyl (C=O) groups is 1. The van der Waals surface area contributed by atoms with E-state index in [1.807, 2.05) is 41.6 Å². The normalized spacial score (nSPS) is 17.2. The molecule has 0 saturated heterocycles. The van der Waals surface area contributed by atoms with Crippen molar-refractivity contribution in [3.05, 3.63) is 52.9 Å². The minimum atomic E-state index is -0.0458. The van der Waals surface area contributed by atoms with Crippen LogP contribution in [0.5, 0.6) is 0 Å². The van der Waals surface area contributed by atoms with E-state index < -0.39 is 0 Å². The van der Waals surface area contributed by atoms with E-state index in [0.717, 1.165) is 33.7 Å². The Hall–Kier alpha value is -2.18. The third-order valence-corrected chi connectivity index (χ3v) is 5.60. The summed E-state index contributed by atoms with van der Waals surface area (Å²) in [6.07, 6.45) is 1.85. The third-order valence-electron chi connectivity index (χ3n) is 4.64. The zero-order valence-electron chi connectivity index (χ0n) is 13.7. The maximum Gasteiger partial charge on any atom is 0.256 e. The van der Waals surface area contributed by atoms with Gasteiger partial charge in [0.15, 0.2) is 0 Å². The predicted molar refractivity (Wildman–Crippen MR) is 94.2 cm³/mol. The average Bonchev–Trinajstić information content (AvgIpc) is 3.20. The summed E-state index contributed by atoms with van der Waals surface area (Å²) in [6, 6.07) is 8.02. The summed E-state index contributed by atoms with van der Waals surface area (Å²) in [4.78, 5) is 19.5. The molecule has 6 heteroatoms. The number of hydrogen-bond donors (Lipinski definition) is 0. The molecule has 0 unspecified atom stereocenters. The molecule has 5 nitrogen and oxygen atoms in total. The summed E-state index contributed by atoms with van der Waals surface area (Å²) in [5, 5.41) is 3.01. The fourth-order valence-electron chi connectivity index (χ4n) is 3.40. The molecule has 124 valence electrons. The molecule has 3 heterocycles. The summed E-state index contributed by atoms with van der Waals surface area (Å²) < 4.78 is 8.55.